The first-order chi connectivity index (χ1) is 12.2. The number of anilines is 1. The summed E-state index contributed by atoms with van der Waals surface area (Å²) in [5.74, 6) is 1.02. The molecule has 0 spiro atoms. The van der Waals surface area contributed by atoms with Crippen molar-refractivity contribution in [2.75, 3.05) is 19.0 Å². The van der Waals surface area contributed by atoms with Gasteiger partial charge in [0.25, 0.3) is 0 Å². The van der Waals surface area contributed by atoms with Crippen LogP contribution in [0.5, 0.6) is 5.75 Å². The fourth-order valence-electron chi connectivity index (χ4n) is 2.84. The molecule has 0 unspecified atom stereocenters. The summed E-state index contributed by atoms with van der Waals surface area (Å²) in [6, 6.07) is 7.19. The average Bonchev–Trinajstić information content (AvgIpc) is 3.08. The van der Waals surface area contributed by atoms with E-state index >= 15 is 0 Å². The number of esters is 1. The van der Waals surface area contributed by atoms with E-state index in [0.29, 0.717) is 18.1 Å². The number of ether oxygens (including phenoxy) is 2. The lowest BCUT2D eigenvalue weighted by Gasteiger charge is -2.28. The normalized spacial score (nSPS) is 16.2. The Morgan fingerprint density at radius 3 is 2.76 bits per heavy atom. The van der Waals surface area contributed by atoms with Crippen LogP contribution in [0.25, 0.3) is 0 Å². The molecule has 2 aromatic rings. The van der Waals surface area contributed by atoms with Crippen LogP contribution in [0.3, 0.4) is 0 Å². The Labute approximate surface area is 146 Å². The van der Waals surface area contributed by atoms with Gasteiger partial charge in [-0.05, 0) is 31.0 Å². The lowest BCUT2D eigenvalue weighted by Crippen LogP contribution is -2.29. The SMILES string of the molecule is CCCCOC(=O)C1=C(C)Nc2ncnn2[C@@H]1c1ccc(OC)cc1. The van der Waals surface area contributed by atoms with Crippen molar-refractivity contribution in [2.45, 2.75) is 32.7 Å². The summed E-state index contributed by atoms with van der Waals surface area (Å²) < 4.78 is 12.4. The lowest BCUT2D eigenvalue weighted by molar-refractivity contribution is -0.139. The number of methoxy groups -OCH3 is 1. The second-order valence-electron chi connectivity index (χ2n) is 5.86. The molecule has 1 atom stereocenters. The Morgan fingerprint density at radius 2 is 2.08 bits per heavy atom. The van der Waals surface area contributed by atoms with Crippen LogP contribution >= 0.6 is 0 Å². The molecule has 1 N–H and O–H groups in total. The largest absolute Gasteiger partial charge is 0.497 e. The Kier molecular flexibility index (Phi) is 5.02. The van der Waals surface area contributed by atoms with E-state index in [9.17, 15) is 4.79 Å². The molecule has 7 heteroatoms. The van der Waals surface area contributed by atoms with Crippen molar-refractivity contribution in [1.29, 1.82) is 0 Å². The number of benzene rings is 1. The van der Waals surface area contributed by atoms with Crippen LogP contribution in [0.4, 0.5) is 5.95 Å². The van der Waals surface area contributed by atoms with Gasteiger partial charge in [0.15, 0.2) is 0 Å². The highest BCUT2D eigenvalue weighted by molar-refractivity contribution is 5.92. The molecule has 0 saturated carbocycles. The van der Waals surface area contributed by atoms with E-state index in [1.807, 2.05) is 31.2 Å². The number of hydrogen-bond acceptors (Lipinski definition) is 6. The van der Waals surface area contributed by atoms with Crippen LogP contribution in [0.15, 0.2) is 41.9 Å². The third kappa shape index (κ3) is 3.35. The first-order valence-electron chi connectivity index (χ1n) is 8.34. The highest BCUT2D eigenvalue weighted by Gasteiger charge is 2.34. The third-order valence-corrected chi connectivity index (χ3v) is 4.18. The molecule has 2 heterocycles. The van der Waals surface area contributed by atoms with Crippen LogP contribution in [0.1, 0.15) is 38.3 Å². The number of aromatic nitrogens is 3. The van der Waals surface area contributed by atoms with Crippen LogP contribution in [-0.2, 0) is 9.53 Å². The topological polar surface area (TPSA) is 78.3 Å². The van der Waals surface area contributed by atoms with Crippen molar-refractivity contribution >= 4 is 11.9 Å². The van der Waals surface area contributed by atoms with E-state index in [0.717, 1.165) is 29.9 Å². The van der Waals surface area contributed by atoms with Crippen molar-refractivity contribution < 1.29 is 14.3 Å². The maximum Gasteiger partial charge on any atom is 0.338 e. The minimum atomic E-state index is -0.390. The number of nitrogens with one attached hydrogen (secondary N) is 1. The fraction of sp³-hybridized carbons (Fsp3) is 0.389. The van der Waals surface area contributed by atoms with Crippen LogP contribution in [-0.4, -0.2) is 34.5 Å². The van der Waals surface area contributed by atoms with E-state index < -0.39 is 6.04 Å². The molecule has 25 heavy (non-hydrogen) atoms. The summed E-state index contributed by atoms with van der Waals surface area (Å²) >= 11 is 0. The number of allylic oxidation sites excluding steroid dienone is 1. The van der Waals surface area contributed by atoms with Gasteiger partial charge in [0.1, 0.15) is 18.1 Å². The van der Waals surface area contributed by atoms with Crippen molar-refractivity contribution in [3.63, 3.8) is 0 Å². The molecule has 3 rings (SSSR count). The van der Waals surface area contributed by atoms with Gasteiger partial charge in [-0.2, -0.15) is 10.1 Å². The number of carbonyl (C=O) groups excluding carboxylic acids is 1. The highest BCUT2D eigenvalue weighted by atomic mass is 16.5. The zero-order chi connectivity index (χ0) is 17.8. The van der Waals surface area contributed by atoms with Crippen molar-refractivity contribution in [2.24, 2.45) is 0 Å². The molecule has 0 bridgehead atoms. The standard InChI is InChI=1S/C18H22N4O3/c1-4-5-10-25-17(23)15-12(2)21-18-19-11-20-22(18)16(15)13-6-8-14(24-3)9-7-13/h6-9,11,16H,4-5,10H2,1-3H3,(H,19,20,21)/t16-/m1/s1. The number of fused-ring (bicyclic) bond motifs is 1. The van der Waals surface area contributed by atoms with Gasteiger partial charge in [-0.1, -0.05) is 25.5 Å². The van der Waals surface area contributed by atoms with E-state index in [2.05, 4.69) is 22.3 Å². The molecule has 1 aliphatic heterocycles. The zero-order valence-corrected chi connectivity index (χ0v) is 14.7. The Balaban J connectivity index is 1.99. The Morgan fingerprint density at radius 1 is 1.32 bits per heavy atom. The maximum atomic E-state index is 12.7. The number of carbonyl (C=O) groups is 1. The van der Waals surface area contributed by atoms with Gasteiger partial charge in [-0.25, -0.2) is 9.48 Å². The summed E-state index contributed by atoms with van der Waals surface area (Å²) in [5, 5.41) is 7.42. The van der Waals surface area contributed by atoms with E-state index in [1.165, 1.54) is 6.33 Å². The Hall–Kier alpha value is -2.83. The molecule has 0 amide bonds. The smallest absolute Gasteiger partial charge is 0.338 e. The quantitative estimate of drug-likeness (QED) is 0.642. The summed E-state index contributed by atoms with van der Waals surface area (Å²) in [5.41, 5.74) is 2.18. The number of nitrogens with zero attached hydrogens (tertiary/aromatic N) is 3. The predicted octanol–water partition coefficient (Wildman–Crippen LogP) is 2.92. The highest BCUT2D eigenvalue weighted by Crippen LogP contribution is 2.35. The molecular formula is C18H22N4O3. The van der Waals surface area contributed by atoms with Gasteiger partial charge in [-0.3, -0.25) is 0 Å². The van der Waals surface area contributed by atoms with Crippen molar-refractivity contribution in [3.05, 3.63) is 47.4 Å². The third-order valence-electron chi connectivity index (χ3n) is 4.18. The first-order valence-corrected chi connectivity index (χ1v) is 8.34. The second kappa shape index (κ2) is 7.38. The minimum absolute atomic E-state index is 0.333. The molecule has 0 fully saturated rings. The molecule has 0 radical (unpaired) electrons. The van der Waals surface area contributed by atoms with Crippen molar-refractivity contribution in [1.82, 2.24) is 14.8 Å². The van der Waals surface area contributed by atoms with Gasteiger partial charge in [-0.15, -0.1) is 0 Å². The predicted molar refractivity (Wildman–Crippen MR) is 93.3 cm³/mol. The fourth-order valence-corrected chi connectivity index (χ4v) is 2.84. The summed E-state index contributed by atoms with van der Waals surface area (Å²) in [7, 11) is 1.62. The molecular weight excluding hydrogens is 320 g/mol. The molecule has 0 saturated heterocycles. The van der Waals surface area contributed by atoms with Gasteiger partial charge in [0, 0.05) is 5.70 Å². The number of hydrogen-bond donors (Lipinski definition) is 1. The number of rotatable bonds is 6. The van der Waals surface area contributed by atoms with Crippen molar-refractivity contribution in [3.8, 4) is 5.75 Å². The summed E-state index contributed by atoms with van der Waals surface area (Å²) in [6.07, 6.45) is 3.28. The van der Waals surface area contributed by atoms with Gasteiger partial charge in [0.05, 0.1) is 19.3 Å². The van der Waals surface area contributed by atoms with Gasteiger partial charge >= 0.3 is 5.97 Å². The van der Waals surface area contributed by atoms with E-state index in [1.54, 1.807) is 11.8 Å². The molecule has 1 aliphatic rings. The molecule has 0 aliphatic carbocycles. The summed E-state index contributed by atoms with van der Waals surface area (Å²) in [6.45, 7) is 4.32. The first kappa shape index (κ1) is 17.0. The molecule has 1 aromatic carbocycles. The monoisotopic (exact) mass is 342 g/mol. The van der Waals surface area contributed by atoms with Gasteiger partial charge in [0.2, 0.25) is 5.95 Å². The molecule has 1 aromatic heterocycles. The molecule has 132 valence electrons. The Bertz CT molecular complexity index is 780. The van der Waals surface area contributed by atoms with E-state index in [-0.39, 0.29) is 5.97 Å². The minimum Gasteiger partial charge on any atom is -0.497 e. The zero-order valence-electron chi connectivity index (χ0n) is 14.7. The van der Waals surface area contributed by atoms with E-state index in [4.69, 9.17) is 9.47 Å². The maximum absolute atomic E-state index is 12.7. The van der Waals surface area contributed by atoms with Crippen LogP contribution in [0, 0.1) is 0 Å². The van der Waals surface area contributed by atoms with Crippen LogP contribution in [0.2, 0.25) is 0 Å². The number of unbranched alkanes of at least 4 members (excludes halogenated alkanes) is 1. The lowest BCUT2D eigenvalue weighted by atomic mass is 9.96. The van der Waals surface area contributed by atoms with Crippen LogP contribution < -0.4 is 10.1 Å². The average molecular weight is 342 g/mol. The molecule has 7 nitrogen and oxygen atoms in total. The van der Waals surface area contributed by atoms with Gasteiger partial charge < -0.3 is 14.8 Å². The second-order valence-corrected chi connectivity index (χ2v) is 5.86. The summed E-state index contributed by atoms with van der Waals surface area (Å²) in [4.78, 5) is 16.9.